The standard InChI is InChI=1S/C12H14FN3/c1-8-11(9-4-5-14-7-9)15-12-10(13)3-2-6-16(8)12/h2-3,6,9,14H,4-5,7H2,1H3. The zero-order valence-electron chi connectivity index (χ0n) is 9.20. The van der Waals surface area contributed by atoms with Crippen molar-refractivity contribution in [1.82, 2.24) is 14.7 Å². The molecule has 16 heavy (non-hydrogen) atoms. The Morgan fingerprint density at radius 3 is 3.12 bits per heavy atom. The second kappa shape index (κ2) is 3.56. The van der Waals surface area contributed by atoms with E-state index in [1.54, 1.807) is 6.07 Å². The van der Waals surface area contributed by atoms with Crippen LogP contribution in [-0.4, -0.2) is 22.5 Å². The molecule has 0 radical (unpaired) electrons. The van der Waals surface area contributed by atoms with Gasteiger partial charge in [-0.05, 0) is 32.0 Å². The minimum atomic E-state index is -0.247. The fraction of sp³-hybridized carbons (Fsp3) is 0.417. The Hall–Kier alpha value is -1.42. The van der Waals surface area contributed by atoms with E-state index in [4.69, 9.17) is 0 Å². The second-order valence-corrected chi connectivity index (χ2v) is 4.32. The molecule has 1 saturated heterocycles. The third-order valence-electron chi connectivity index (χ3n) is 3.32. The second-order valence-electron chi connectivity index (χ2n) is 4.32. The van der Waals surface area contributed by atoms with Crippen LogP contribution in [0.15, 0.2) is 18.3 Å². The average Bonchev–Trinajstić information content (AvgIpc) is 2.88. The number of halogens is 1. The van der Waals surface area contributed by atoms with E-state index in [1.165, 1.54) is 6.07 Å². The molecular weight excluding hydrogens is 205 g/mol. The Kier molecular flexibility index (Phi) is 2.17. The van der Waals surface area contributed by atoms with Gasteiger partial charge >= 0.3 is 0 Å². The van der Waals surface area contributed by atoms with Gasteiger partial charge in [0.15, 0.2) is 11.5 Å². The summed E-state index contributed by atoms with van der Waals surface area (Å²) in [6.07, 6.45) is 2.96. The Morgan fingerprint density at radius 2 is 2.44 bits per heavy atom. The molecule has 3 heterocycles. The molecule has 84 valence electrons. The van der Waals surface area contributed by atoms with Crippen molar-refractivity contribution in [1.29, 1.82) is 0 Å². The molecule has 2 aromatic heterocycles. The van der Waals surface area contributed by atoms with E-state index in [0.29, 0.717) is 11.6 Å². The zero-order valence-corrected chi connectivity index (χ0v) is 9.20. The SMILES string of the molecule is Cc1c(C2CCNC2)nc2c(F)cccn12. The van der Waals surface area contributed by atoms with Gasteiger partial charge in [0.1, 0.15) is 0 Å². The molecule has 0 amide bonds. The maximum Gasteiger partial charge on any atom is 0.173 e. The van der Waals surface area contributed by atoms with E-state index in [1.807, 2.05) is 17.5 Å². The first-order chi connectivity index (χ1) is 7.77. The first kappa shape index (κ1) is 9.78. The molecule has 0 aliphatic carbocycles. The predicted molar refractivity (Wildman–Crippen MR) is 60.1 cm³/mol. The number of aromatic nitrogens is 2. The number of hydrogen-bond donors (Lipinski definition) is 1. The van der Waals surface area contributed by atoms with Gasteiger partial charge < -0.3 is 9.72 Å². The van der Waals surface area contributed by atoms with Gasteiger partial charge in [-0.25, -0.2) is 9.37 Å². The monoisotopic (exact) mass is 219 g/mol. The van der Waals surface area contributed by atoms with E-state index in [-0.39, 0.29) is 5.82 Å². The Labute approximate surface area is 93.3 Å². The summed E-state index contributed by atoms with van der Waals surface area (Å²) in [6, 6.07) is 3.17. The normalized spacial score (nSPS) is 20.8. The van der Waals surface area contributed by atoms with Crippen molar-refractivity contribution in [2.75, 3.05) is 13.1 Å². The highest BCUT2D eigenvalue weighted by Gasteiger charge is 2.22. The van der Waals surface area contributed by atoms with Gasteiger partial charge in [-0.3, -0.25) is 0 Å². The lowest BCUT2D eigenvalue weighted by molar-refractivity contribution is 0.629. The molecule has 1 aliphatic rings. The van der Waals surface area contributed by atoms with E-state index in [0.717, 1.165) is 30.9 Å². The van der Waals surface area contributed by atoms with Crippen molar-refractivity contribution in [3.63, 3.8) is 0 Å². The Bertz CT molecular complexity index is 526. The van der Waals surface area contributed by atoms with Crippen LogP contribution in [0.3, 0.4) is 0 Å². The number of fused-ring (bicyclic) bond motifs is 1. The summed E-state index contributed by atoms with van der Waals surface area (Å²) in [6.45, 7) is 3.99. The summed E-state index contributed by atoms with van der Waals surface area (Å²) in [5, 5.41) is 3.31. The number of imidazole rings is 1. The van der Waals surface area contributed by atoms with Crippen molar-refractivity contribution in [2.45, 2.75) is 19.3 Å². The maximum atomic E-state index is 13.6. The summed E-state index contributed by atoms with van der Waals surface area (Å²) in [5.74, 6) is 0.183. The molecule has 3 rings (SSSR count). The number of rotatable bonds is 1. The van der Waals surface area contributed by atoms with E-state index >= 15 is 0 Å². The quantitative estimate of drug-likeness (QED) is 0.793. The highest BCUT2D eigenvalue weighted by Crippen LogP contribution is 2.26. The molecule has 4 heteroatoms. The van der Waals surface area contributed by atoms with Crippen molar-refractivity contribution in [3.8, 4) is 0 Å². The highest BCUT2D eigenvalue weighted by molar-refractivity contribution is 5.45. The number of pyridine rings is 1. The molecular formula is C12H14FN3. The fourth-order valence-electron chi connectivity index (χ4n) is 2.44. The van der Waals surface area contributed by atoms with Crippen molar-refractivity contribution < 1.29 is 4.39 Å². The van der Waals surface area contributed by atoms with Gasteiger partial charge in [0.2, 0.25) is 0 Å². The third-order valence-corrected chi connectivity index (χ3v) is 3.32. The highest BCUT2D eigenvalue weighted by atomic mass is 19.1. The summed E-state index contributed by atoms with van der Waals surface area (Å²) in [5.41, 5.74) is 2.54. The molecule has 1 N–H and O–H groups in total. The summed E-state index contributed by atoms with van der Waals surface area (Å²) in [4.78, 5) is 4.44. The number of nitrogens with one attached hydrogen (secondary N) is 1. The molecule has 1 aliphatic heterocycles. The van der Waals surface area contributed by atoms with Crippen LogP contribution in [0.2, 0.25) is 0 Å². The molecule has 2 aromatic rings. The lowest BCUT2D eigenvalue weighted by atomic mass is 10.0. The van der Waals surface area contributed by atoms with Gasteiger partial charge in [-0.15, -0.1) is 0 Å². The lowest BCUT2D eigenvalue weighted by Crippen LogP contribution is -2.08. The molecule has 0 bridgehead atoms. The van der Waals surface area contributed by atoms with Crippen LogP contribution in [0.1, 0.15) is 23.7 Å². The van der Waals surface area contributed by atoms with Crippen LogP contribution in [0, 0.1) is 12.7 Å². The van der Waals surface area contributed by atoms with Crippen LogP contribution in [0.5, 0.6) is 0 Å². The fourth-order valence-corrected chi connectivity index (χ4v) is 2.44. The molecule has 0 spiro atoms. The lowest BCUT2D eigenvalue weighted by Gasteiger charge is -2.05. The Balaban J connectivity index is 2.18. The third kappa shape index (κ3) is 1.33. The largest absolute Gasteiger partial charge is 0.316 e. The van der Waals surface area contributed by atoms with E-state index < -0.39 is 0 Å². The molecule has 1 unspecified atom stereocenters. The minimum absolute atomic E-state index is 0.247. The van der Waals surface area contributed by atoms with Crippen molar-refractivity contribution in [3.05, 3.63) is 35.5 Å². The zero-order chi connectivity index (χ0) is 11.1. The first-order valence-corrected chi connectivity index (χ1v) is 5.61. The Morgan fingerprint density at radius 1 is 1.56 bits per heavy atom. The molecule has 0 aromatic carbocycles. The predicted octanol–water partition coefficient (Wildman–Crippen LogP) is 1.86. The van der Waals surface area contributed by atoms with Crippen LogP contribution < -0.4 is 5.32 Å². The first-order valence-electron chi connectivity index (χ1n) is 5.61. The van der Waals surface area contributed by atoms with Gasteiger partial charge in [-0.1, -0.05) is 0 Å². The van der Waals surface area contributed by atoms with Gasteiger partial charge in [0.25, 0.3) is 0 Å². The van der Waals surface area contributed by atoms with Crippen LogP contribution in [0.4, 0.5) is 4.39 Å². The molecule has 0 saturated carbocycles. The summed E-state index contributed by atoms with van der Waals surface area (Å²) < 4.78 is 15.4. The maximum absolute atomic E-state index is 13.6. The smallest absolute Gasteiger partial charge is 0.173 e. The van der Waals surface area contributed by atoms with Crippen molar-refractivity contribution in [2.24, 2.45) is 0 Å². The van der Waals surface area contributed by atoms with Gasteiger partial charge in [0, 0.05) is 24.4 Å². The molecule has 3 nitrogen and oxygen atoms in total. The van der Waals surface area contributed by atoms with E-state index in [9.17, 15) is 4.39 Å². The summed E-state index contributed by atoms with van der Waals surface area (Å²) >= 11 is 0. The molecule has 1 atom stereocenters. The van der Waals surface area contributed by atoms with Crippen LogP contribution in [0.25, 0.3) is 5.65 Å². The minimum Gasteiger partial charge on any atom is -0.316 e. The number of aryl methyl sites for hydroxylation is 1. The molecule has 1 fully saturated rings. The van der Waals surface area contributed by atoms with Gasteiger partial charge in [-0.2, -0.15) is 0 Å². The topological polar surface area (TPSA) is 29.3 Å². The average molecular weight is 219 g/mol. The van der Waals surface area contributed by atoms with Gasteiger partial charge in [0.05, 0.1) is 5.69 Å². The van der Waals surface area contributed by atoms with Crippen LogP contribution in [-0.2, 0) is 0 Å². The van der Waals surface area contributed by atoms with Crippen LogP contribution >= 0.6 is 0 Å². The van der Waals surface area contributed by atoms with Crippen molar-refractivity contribution >= 4 is 5.65 Å². The summed E-state index contributed by atoms with van der Waals surface area (Å²) in [7, 11) is 0. The number of nitrogens with zero attached hydrogens (tertiary/aromatic N) is 2. The van der Waals surface area contributed by atoms with E-state index in [2.05, 4.69) is 10.3 Å². The number of hydrogen-bond acceptors (Lipinski definition) is 2.